The largest absolute Gasteiger partial charge is 0.447 e. The molecular formula is C30H38F3N5O4. The maximum atomic E-state index is 15.8. The van der Waals surface area contributed by atoms with E-state index in [0.717, 1.165) is 6.20 Å². The monoisotopic (exact) mass is 589 g/mol. The number of aromatic nitrogens is 1. The number of amides is 2. The van der Waals surface area contributed by atoms with Crippen molar-refractivity contribution in [3.8, 4) is 0 Å². The van der Waals surface area contributed by atoms with Crippen molar-refractivity contribution in [1.29, 1.82) is 0 Å². The molecule has 0 saturated carbocycles. The highest BCUT2D eigenvalue weighted by molar-refractivity contribution is 6.07. The van der Waals surface area contributed by atoms with Crippen molar-refractivity contribution in [3.63, 3.8) is 0 Å². The standard InChI is InChI=1S/C30H38F3N5O4/c1-17(2)42-30(41)37-9-6-7-20(8-10-37)21-11-25(35-29(40)23-14-34-27(39)12-22(23)28(32)33)26(13-24(21)31)38-15-18(3)36(5)19(4)16-38/h7,11-14,17-19,28H,6,8-10,15-16H2,1-5H3,(H,34,39)(H,35,40)/t18-,19?/m1/s1. The first-order valence-corrected chi connectivity index (χ1v) is 14.1. The Morgan fingerprint density at radius 3 is 2.43 bits per heavy atom. The molecule has 2 aromatic rings. The van der Waals surface area contributed by atoms with Crippen LogP contribution in [0, 0.1) is 5.82 Å². The number of piperazine rings is 1. The number of carbonyl (C=O) groups is 2. The molecule has 1 saturated heterocycles. The molecule has 2 aliphatic rings. The molecule has 0 spiro atoms. The summed E-state index contributed by atoms with van der Waals surface area (Å²) in [7, 11) is 2.01. The Hall–Kier alpha value is -3.80. The number of carbonyl (C=O) groups excluding carboxylic acids is 2. The van der Waals surface area contributed by atoms with E-state index < -0.39 is 35.4 Å². The van der Waals surface area contributed by atoms with Gasteiger partial charge in [0.05, 0.1) is 23.0 Å². The molecule has 2 N–H and O–H groups in total. The van der Waals surface area contributed by atoms with Crippen molar-refractivity contribution >= 4 is 28.9 Å². The summed E-state index contributed by atoms with van der Waals surface area (Å²) < 4.78 is 48.6. The SMILES string of the molecule is CC(C)OC(=O)N1CCC=C(c2cc(NC(=O)c3c[nH]c(=O)cc3C(F)F)c(N3CC(C)N(C)[C@H](C)C3)cc2F)CC1. The number of benzene rings is 1. The van der Waals surface area contributed by atoms with Gasteiger partial charge >= 0.3 is 6.09 Å². The van der Waals surface area contributed by atoms with Crippen LogP contribution < -0.4 is 15.8 Å². The minimum atomic E-state index is -3.04. The highest BCUT2D eigenvalue weighted by Gasteiger charge is 2.30. The summed E-state index contributed by atoms with van der Waals surface area (Å²) in [5, 5.41) is 2.72. The van der Waals surface area contributed by atoms with Crippen molar-refractivity contribution in [2.24, 2.45) is 0 Å². The maximum Gasteiger partial charge on any atom is 0.410 e. The van der Waals surface area contributed by atoms with Gasteiger partial charge in [0.15, 0.2) is 0 Å². The van der Waals surface area contributed by atoms with Gasteiger partial charge in [-0.25, -0.2) is 18.0 Å². The van der Waals surface area contributed by atoms with Gasteiger partial charge in [-0.05, 0) is 65.3 Å². The number of hydrogen-bond donors (Lipinski definition) is 2. The van der Waals surface area contributed by atoms with Crippen LogP contribution in [0.1, 0.15) is 68.4 Å². The fourth-order valence-corrected chi connectivity index (χ4v) is 5.39. The van der Waals surface area contributed by atoms with E-state index in [2.05, 4.69) is 15.2 Å². The molecule has 2 amide bonds. The van der Waals surface area contributed by atoms with Gasteiger partial charge < -0.3 is 24.8 Å². The number of rotatable bonds is 6. The van der Waals surface area contributed by atoms with Crippen LogP contribution in [0.15, 0.2) is 35.3 Å². The van der Waals surface area contributed by atoms with Crippen LogP contribution in [-0.4, -0.2) is 78.2 Å². The zero-order valence-electron chi connectivity index (χ0n) is 24.5. The Labute approximate surface area is 243 Å². The van der Waals surface area contributed by atoms with Crippen molar-refractivity contribution in [2.45, 2.75) is 65.1 Å². The number of nitrogens with one attached hydrogen (secondary N) is 2. The molecule has 4 rings (SSSR count). The summed E-state index contributed by atoms with van der Waals surface area (Å²) in [6, 6.07) is 3.86. The normalized spacial score (nSPS) is 20.0. The van der Waals surface area contributed by atoms with Gasteiger partial charge in [0.2, 0.25) is 5.56 Å². The quantitative estimate of drug-likeness (QED) is 0.478. The molecule has 1 unspecified atom stereocenters. The van der Waals surface area contributed by atoms with Crippen LogP contribution in [0.4, 0.5) is 29.3 Å². The Morgan fingerprint density at radius 1 is 1.10 bits per heavy atom. The van der Waals surface area contributed by atoms with Gasteiger partial charge in [0.1, 0.15) is 5.82 Å². The van der Waals surface area contributed by atoms with E-state index in [1.807, 2.05) is 31.9 Å². The van der Waals surface area contributed by atoms with E-state index in [0.29, 0.717) is 56.3 Å². The number of halogens is 3. The zero-order valence-corrected chi connectivity index (χ0v) is 24.5. The topological polar surface area (TPSA) is 98.0 Å². The number of ether oxygens (including phenoxy) is 1. The summed E-state index contributed by atoms with van der Waals surface area (Å²) >= 11 is 0. The number of pyridine rings is 1. The van der Waals surface area contributed by atoms with Crippen LogP contribution in [-0.2, 0) is 4.74 Å². The number of alkyl halides is 2. The summed E-state index contributed by atoms with van der Waals surface area (Å²) in [6.45, 7) is 9.48. The third kappa shape index (κ3) is 6.97. The van der Waals surface area contributed by atoms with E-state index in [1.54, 1.807) is 18.7 Å². The van der Waals surface area contributed by atoms with Gasteiger partial charge in [0.25, 0.3) is 12.3 Å². The molecule has 1 aromatic heterocycles. The van der Waals surface area contributed by atoms with Crippen LogP contribution in [0.5, 0.6) is 0 Å². The number of hydrogen-bond acceptors (Lipinski definition) is 6. The lowest BCUT2D eigenvalue weighted by Crippen LogP contribution is -2.55. The van der Waals surface area contributed by atoms with Crippen molar-refractivity contribution in [1.82, 2.24) is 14.8 Å². The fraction of sp³-hybridized carbons (Fsp3) is 0.500. The zero-order chi connectivity index (χ0) is 30.7. The molecule has 2 atom stereocenters. The molecule has 228 valence electrons. The third-order valence-corrected chi connectivity index (χ3v) is 7.85. The molecule has 0 bridgehead atoms. The lowest BCUT2D eigenvalue weighted by Gasteiger charge is -2.44. The predicted octanol–water partition coefficient (Wildman–Crippen LogP) is 5.26. The highest BCUT2D eigenvalue weighted by Crippen LogP contribution is 2.36. The van der Waals surface area contributed by atoms with Gasteiger partial charge in [0, 0.05) is 61.7 Å². The molecule has 9 nitrogen and oxygen atoms in total. The van der Waals surface area contributed by atoms with E-state index in [4.69, 9.17) is 4.74 Å². The Kier molecular flexibility index (Phi) is 9.65. The maximum absolute atomic E-state index is 15.8. The van der Waals surface area contributed by atoms with Crippen LogP contribution in [0.2, 0.25) is 0 Å². The minimum Gasteiger partial charge on any atom is -0.447 e. The molecule has 1 aromatic carbocycles. The first-order chi connectivity index (χ1) is 19.8. The Bertz CT molecular complexity index is 1400. The molecule has 42 heavy (non-hydrogen) atoms. The smallest absolute Gasteiger partial charge is 0.410 e. The number of nitrogens with zero attached hydrogens (tertiary/aromatic N) is 3. The minimum absolute atomic E-state index is 0.130. The Balaban J connectivity index is 1.71. The van der Waals surface area contributed by atoms with Crippen molar-refractivity contribution in [3.05, 3.63) is 63.3 Å². The second kappa shape index (κ2) is 13.0. The lowest BCUT2D eigenvalue weighted by molar-refractivity contribution is 0.0783. The fourth-order valence-electron chi connectivity index (χ4n) is 5.39. The highest BCUT2D eigenvalue weighted by atomic mass is 19.3. The van der Waals surface area contributed by atoms with Gasteiger partial charge in [-0.2, -0.15) is 0 Å². The van der Waals surface area contributed by atoms with Crippen LogP contribution in [0.25, 0.3) is 5.57 Å². The average molecular weight is 590 g/mol. The summed E-state index contributed by atoms with van der Waals surface area (Å²) in [6.07, 6.45) is -0.0828. The van der Waals surface area contributed by atoms with E-state index >= 15 is 4.39 Å². The van der Waals surface area contributed by atoms with Gasteiger partial charge in [-0.3, -0.25) is 14.5 Å². The summed E-state index contributed by atoms with van der Waals surface area (Å²) in [5.74, 6) is -1.35. The Morgan fingerprint density at radius 2 is 1.79 bits per heavy atom. The molecular weight excluding hydrogens is 551 g/mol. The van der Waals surface area contributed by atoms with E-state index in [1.165, 1.54) is 12.1 Å². The van der Waals surface area contributed by atoms with E-state index in [9.17, 15) is 23.2 Å². The number of anilines is 2. The van der Waals surface area contributed by atoms with Crippen LogP contribution in [0.3, 0.4) is 0 Å². The second-order valence-electron chi connectivity index (χ2n) is 11.2. The molecule has 0 radical (unpaired) electrons. The molecule has 12 heteroatoms. The number of aromatic amines is 1. The van der Waals surface area contributed by atoms with Crippen molar-refractivity contribution in [2.75, 3.05) is 43.4 Å². The third-order valence-electron chi connectivity index (χ3n) is 7.85. The predicted molar refractivity (Wildman–Crippen MR) is 156 cm³/mol. The number of H-pyrrole nitrogens is 1. The first kappa shape index (κ1) is 31.1. The van der Waals surface area contributed by atoms with Crippen molar-refractivity contribution < 1.29 is 27.5 Å². The summed E-state index contributed by atoms with van der Waals surface area (Å²) in [4.78, 5) is 45.5. The second-order valence-corrected chi connectivity index (χ2v) is 11.2. The summed E-state index contributed by atoms with van der Waals surface area (Å²) in [5.41, 5.74) is -0.232. The first-order valence-electron chi connectivity index (χ1n) is 14.1. The molecule has 2 aliphatic heterocycles. The van der Waals surface area contributed by atoms with Crippen LogP contribution >= 0.6 is 0 Å². The molecule has 3 heterocycles. The van der Waals surface area contributed by atoms with E-state index in [-0.39, 0.29) is 35.0 Å². The average Bonchev–Trinajstić information content (AvgIpc) is 3.18. The number of likely N-dealkylation sites (N-methyl/N-ethyl adjacent to an activating group) is 1. The van der Waals surface area contributed by atoms with Gasteiger partial charge in [-0.1, -0.05) is 6.08 Å². The van der Waals surface area contributed by atoms with Gasteiger partial charge in [-0.15, -0.1) is 0 Å². The lowest BCUT2D eigenvalue weighted by atomic mass is 9.98. The molecule has 1 fully saturated rings. The molecule has 0 aliphatic carbocycles.